The minimum atomic E-state index is -0.151. The Bertz CT molecular complexity index is 1010. The van der Waals surface area contributed by atoms with E-state index in [9.17, 15) is 14.4 Å². The standard InChI is InChI=1S/C21H29N5O3/c1-4-19(27)24-10-8-15-14(12-24)21(29)26-18(22-15)11-16(23-26)17-7-5-6-9-25(17)20(28)13(2)3/h11,13,17,23H,4-10,12H2,1-3H3/t17-/m1/s1. The number of piperidine rings is 1. The lowest BCUT2D eigenvalue weighted by atomic mass is 9.97. The Kier molecular flexibility index (Phi) is 5.19. The normalized spacial score (nSPS) is 19.7. The summed E-state index contributed by atoms with van der Waals surface area (Å²) in [6.07, 6.45) is 3.95. The van der Waals surface area contributed by atoms with Crippen molar-refractivity contribution in [2.45, 2.75) is 65.5 Å². The lowest BCUT2D eigenvalue weighted by Crippen LogP contribution is -2.41. The fraction of sp³-hybridized carbons (Fsp3) is 0.619. The number of aromatic amines is 1. The first-order valence-electron chi connectivity index (χ1n) is 10.6. The summed E-state index contributed by atoms with van der Waals surface area (Å²) >= 11 is 0. The number of hydrogen-bond acceptors (Lipinski definition) is 4. The van der Waals surface area contributed by atoms with E-state index in [0.29, 0.717) is 37.1 Å². The second kappa shape index (κ2) is 7.65. The Morgan fingerprint density at radius 3 is 2.79 bits per heavy atom. The lowest BCUT2D eigenvalue weighted by molar-refractivity contribution is -0.138. The van der Waals surface area contributed by atoms with E-state index in [1.165, 1.54) is 4.52 Å². The maximum Gasteiger partial charge on any atom is 0.277 e. The lowest BCUT2D eigenvalue weighted by Gasteiger charge is -2.36. The number of rotatable bonds is 3. The second-order valence-electron chi connectivity index (χ2n) is 8.36. The minimum absolute atomic E-state index is 0.0531. The second-order valence-corrected chi connectivity index (χ2v) is 8.36. The van der Waals surface area contributed by atoms with E-state index in [-0.39, 0.29) is 29.3 Å². The highest BCUT2D eigenvalue weighted by Crippen LogP contribution is 2.31. The van der Waals surface area contributed by atoms with Gasteiger partial charge in [0.2, 0.25) is 11.8 Å². The van der Waals surface area contributed by atoms with Crippen LogP contribution < -0.4 is 5.56 Å². The Morgan fingerprint density at radius 1 is 1.28 bits per heavy atom. The average Bonchev–Trinajstić information content (AvgIpc) is 3.16. The molecule has 1 N–H and O–H groups in total. The fourth-order valence-electron chi connectivity index (χ4n) is 4.46. The van der Waals surface area contributed by atoms with Crippen LogP contribution in [0.1, 0.15) is 69.4 Å². The highest BCUT2D eigenvalue weighted by atomic mass is 16.2. The predicted octanol–water partition coefficient (Wildman–Crippen LogP) is 2.03. The van der Waals surface area contributed by atoms with Gasteiger partial charge in [0.1, 0.15) is 0 Å². The van der Waals surface area contributed by atoms with Crippen LogP contribution >= 0.6 is 0 Å². The molecule has 0 aliphatic carbocycles. The van der Waals surface area contributed by atoms with E-state index in [1.807, 2.05) is 31.7 Å². The quantitative estimate of drug-likeness (QED) is 0.855. The zero-order valence-electron chi connectivity index (χ0n) is 17.4. The number of nitrogens with one attached hydrogen (secondary N) is 1. The molecule has 2 aromatic heterocycles. The first-order valence-corrected chi connectivity index (χ1v) is 10.6. The highest BCUT2D eigenvalue weighted by Gasteiger charge is 2.31. The molecule has 4 heterocycles. The minimum Gasteiger partial charge on any atom is -0.338 e. The molecule has 2 amide bonds. The van der Waals surface area contributed by atoms with Gasteiger partial charge >= 0.3 is 0 Å². The third-order valence-corrected chi connectivity index (χ3v) is 6.08. The maximum atomic E-state index is 13.1. The van der Waals surface area contributed by atoms with Crippen molar-refractivity contribution in [3.05, 3.63) is 33.4 Å². The number of likely N-dealkylation sites (tertiary alicyclic amines) is 1. The molecule has 2 aliphatic heterocycles. The van der Waals surface area contributed by atoms with Crippen LogP contribution in [0.2, 0.25) is 0 Å². The predicted molar refractivity (Wildman–Crippen MR) is 108 cm³/mol. The molecule has 1 atom stereocenters. The number of nitrogens with zero attached hydrogens (tertiary/aromatic N) is 4. The molecule has 156 valence electrons. The van der Waals surface area contributed by atoms with Crippen LogP contribution in [0.15, 0.2) is 10.9 Å². The molecule has 8 heteroatoms. The summed E-state index contributed by atoms with van der Waals surface area (Å²) < 4.78 is 1.47. The molecular formula is C21H29N5O3. The molecule has 0 unspecified atom stereocenters. The van der Waals surface area contributed by atoms with Crippen LogP contribution in [-0.4, -0.2) is 49.3 Å². The zero-order chi connectivity index (χ0) is 20.7. The Morgan fingerprint density at radius 2 is 2.07 bits per heavy atom. The smallest absolute Gasteiger partial charge is 0.277 e. The molecule has 29 heavy (non-hydrogen) atoms. The SMILES string of the molecule is CCC(=O)N1CCc2nc3cc([C@H]4CCCCN4C(=O)C(C)C)[nH]n3c(=O)c2C1. The largest absolute Gasteiger partial charge is 0.338 e. The van der Waals surface area contributed by atoms with Crippen molar-refractivity contribution >= 4 is 17.5 Å². The Labute approximate surface area is 169 Å². The Balaban J connectivity index is 1.72. The zero-order valence-corrected chi connectivity index (χ0v) is 17.4. The molecule has 1 saturated heterocycles. The average molecular weight is 399 g/mol. The molecule has 1 fully saturated rings. The van der Waals surface area contributed by atoms with Crippen molar-refractivity contribution in [1.82, 2.24) is 24.4 Å². The van der Waals surface area contributed by atoms with E-state index in [4.69, 9.17) is 4.98 Å². The van der Waals surface area contributed by atoms with Crippen molar-refractivity contribution in [3.63, 3.8) is 0 Å². The van der Waals surface area contributed by atoms with Crippen molar-refractivity contribution in [1.29, 1.82) is 0 Å². The molecule has 8 nitrogen and oxygen atoms in total. The Hall–Kier alpha value is -2.64. The molecule has 0 radical (unpaired) electrons. The topological polar surface area (TPSA) is 90.8 Å². The third-order valence-electron chi connectivity index (χ3n) is 6.08. The molecule has 0 bridgehead atoms. The van der Waals surface area contributed by atoms with Gasteiger partial charge in [0, 0.05) is 37.9 Å². The molecule has 2 aliphatic rings. The molecule has 0 spiro atoms. The summed E-state index contributed by atoms with van der Waals surface area (Å²) in [5.41, 5.74) is 2.65. The summed E-state index contributed by atoms with van der Waals surface area (Å²) in [7, 11) is 0. The van der Waals surface area contributed by atoms with Gasteiger partial charge in [-0.2, -0.15) is 0 Å². The van der Waals surface area contributed by atoms with Gasteiger partial charge < -0.3 is 9.80 Å². The number of carbonyl (C=O) groups is 2. The van der Waals surface area contributed by atoms with Gasteiger partial charge in [-0.25, -0.2) is 9.50 Å². The molecule has 0 saturated carbocycles. The summed E-state index contributed by atoms with van der Waals surface area (Å²) in [5, 5.41) is 3.21. The first-order chi connectivity index (χ1) is 13.9. The van der Waals surface area contributed by atoms with Gasteiger partial charge in [0.15, 0.2) is 5.65 Å². The van der Waals surface area contributed by atoms with Gasteiger partial charge in [-0.15, -0.1) is 0 Å². The summed E-state index contributed by atoms with van der Waals surface area (Å²) in [6.45, 7) is 7.32. The summed E-state index contributed by atoms with van der Waals surface area (Å²) in [6, 6.07) is 1.84. The van der Waals surface area contributed by atoms with Crippen LogP contribution in [0.3, 0.4) is 0 Å². The number of hydrogen-bond donors (Lipinski definition) is 1. The van der Waals surface area contributed by atoms with E-state index in [0.717, 1.165) is 37.2 Å². The highest BCUT2D eigenvalue weighted by molar-refractivity contribution is 5.78. The molecule has 0 aromatic carbocycles. The third kappa shape index (κ3) is 3.45. The van der Waals surface area contributed by atoms with E-state index < -0.39 is 0 Å². The number of amides is 2. The monoisotopic (exact) mass is 399 g/mol. The first kappa shape index (κ1) is 19.7. The van der Waals surface area contributed by atoms with Gasteiger partial charge in [0.05, 0.1) is 29.5 Å². The van der Waals surface area contributed by atoms with Crippen LogP contribution in [-0.2, 0) is 22.6 Å². The van der Waals surface area contributed by atoms with Gasteiger partial charge in [0.25, 0.3) is 5.56 Å². The maximum absolute atomic E-state index is 13.1. The number of aromatic nitrogens is 3. The van der Waals surface area contributed by atoms with Gasteiger partial charge in [-0.3, -0.25) is 19.5 Å². The summed E-state index contributed by atoms with van der Waals surface area (Å²) in [4.78, 5) is 46.3. The van der Waals surface area contributed by atoms with Crippen LogP contribution in [0.5, 0.6) is 0 Å². The van der Waals surface area contributed by atoms with Crippen LogP contribution in [0, 0.1) is 5.92 Å². The number of H-pyrrole nitrogens is 1. The molecule has 4 rings (SSSR count). The van der Waals surface area contributed by atoms with Crippen LogP contribution in [0.25, 0.3) is 5.65 Å². The van der Waals surface area contributed by atoms with Crippen molar-refractivity contribution < 1.29 is 9.59 Å². The van der Waals surface area contributed by atoms with Gasteiger partial charge in [-0.05, 0) is 19.3 Å². The molecule has 2 aromatic rings. The molecular weight excluding hydrogens is 370 g/mol. The summed E-state index contributed by atoms with van der Waals surface area (Å²) in [5.74, 6) is 0.134. The number of carbonyl (C=O) groups excluding carboxylic acids is 2. The van der Waals surface area contributed by atoms with E-state index in [1.54, 1.807) is 4.90 Å². The fourth-order valence-corrected chi connectivity index (χ4v) is 4.46. The van der Waals surface area contributed by atoms with E-state index in [2.05, 4.69) is 5.10 Å². The van der Waals surface area contributed by atoms with Crippen molar-refractivity contribution in [2.24, 2.45) is 5.92 Å². The van der Waals surface area contributed by atoms with E-state index >= 15 is 0 Å². The van der Waals surface area contributed by atoms with Crippen molar-refractivity contribution in [2.75, 3.05) is 13.1 Å². The van der Waals surface area contributed by atoms with Crippen LogP contribution in [0.4, 0.5) is 0 Å². The number of fused-ring (bicyclic) bond motifs is 2. The van der Waals surface area contributed by atoms with Crippen molar-refractivity contribution in [3.8, 4) is 0 Å². The van der Waals surface area contributed by atoms with Gasteiger partial charge in [-0.1, -0.05) is 20.8 Å².